The second-order valence-electron chi connectivity index (χ2n) is 11.8. The Morgan fingerprint density at radius 1 is 0.944 bits per heavy atom. The van der Waals surface area contributed by atoms with Crippen LogP contribution < -0.4 is 10.6 Å². The van der Waals surface area contributed by atoms with E-state index in [4.69, 9.17) is 0 Å². The van der Waals surface area contributed by atoms with Crippen molar-refractivity contribution in [2.24, 2.45) is 23.2 Å². The molecule has 0 radical (unpaired) electrons. The zero-order valence-electron chi connectivity index (χ0n) is 21.1. The van der Waals surface area contributed by atoms with E-state index in [0.29, 0.717) is 23.2 Å². The van der Waals surface area contributed by atoms with Crippen LogP contribution in [0, 0.1) is 23.2 Å². The number of rotatable bonds is 7. The van der Waals surface area contributed by atoms with E-state index in [1.807, 2.05) is 34.5 Å². The highest BCUT2D eigenvalue weighted by Crippen LogP contribution is 2.61. The first-order valence-electron chi connectivity index (χ1n) is 13.7. The lowest BCUT2D eigenvalue weighted by atomic mass is 9.49. The lowest BCUT2D eigenvalue weighted by Crippen LogP contribution is -2.52. The SMILES string of the molecule is O=C(NCc1cccs1)c1cccc(NC(=O)N2CCN(CCC34CC5CC(CC(C5)C3)C4)CC2)c1. The van der Waals surface area contributed by atoms with Crippen molar-refractivity contribution < 1.29 is 9.59 Å². The van der Waals surface area contributed by atoms with Crippen molar-refractivity contribution in [1.29, 1.82) is 0 Å². The molecule has 0 spiro atoms. The predicted molar refractivity (Wildman–Crippen MR) is 144 cm³/mol. The largest absolute Gasteiger partial charge is 0.347 e. The Balaban J connectivity index is 0.959. The summed E-state index contributed by atoms with van der Waals surface area (Å²) in [6, 6.07) is 11.1. The number of hydrogen-bond acceptors (Lipinski definition) is 4. The summed E-state index contributed by atoms with van der Waals surface area (Å²) in [5.74, 6) is 2.92. The molecule has 4 bridgehead atoms. The van der Waals surface area contributed by atoms with Gasteiger partial charge in [-0.15, -0.1) is 11.3 Å². The van der Waals surface area contributed by atoms with Crippen LogP contribution in [0.2, 0.25) is 0 Å². The minimum Gasteiger partial charge on any atom is -0.347 e. The van der Waals surface area contributed by atoms with Gasteiger partial charge in [-0.3, -0.25) is 9.69 Å². The summed E-state index contributed by atoms with van der Waals surface area (Å²) >= 11 is 1.62. The maximum Gasteiger partial charge on any atom is 0.321 e. The fraction of sp³-hybridized carbons (Fsp3) is 0.586. The van der Waals surface area contributed by atoms with Crippen LogP contribution in [-0.4, -0.2) is 54.5 Å². The molecule has 7 rings (SSSR count). The summed E-state index contributed by atoms with van der Waals surface area (Å²) in [5, 5.41) is 7.95. The van der Waals surface area contributed by atoms with Crippen molar-refractivity contribution in [2.45, 2.75) is 51.5 Å². The average Bonchev–Trinajstić information content (AvgIpc) is 3.40. The van der Waals surface area contributed by atoms with E-state index in [9.17, 15) is 9.59 Å². The van der Waals surface area contributed by atoms with Gasteiger partial charge in [-0.1, -0.05) is 12.1 Å². The maximum atomic E-state index is 12.9. The predicted octanol–water partition coefficient (Wildman–Crippen LogP) is 5.43. The number of thiophene rings is 1. The molecule has 2 N–H and O–H groups in total. The van der Waals surface area contributed by atoms with Gasteiger partial charge in [0.2, 0.25) is 0 Å². The molecule has 3 amide bonds. The minimum atomic E-state index is -0.132. The summed E-state index contributed by atoms with van der Waals surface area (Å²) in [5.41, 5.74) is 1.84. The van der Waals surface area contributed by atoms with E-state index >= 15 is 0 Å². The second-order valence-corrected chi connectivity index (χ2v) is 12.8. The van der Waals surface area contributed by atoms with Crippen molar-refractivity contribution in [2.75, 3.05) is 38.0 Å². The van der Waals surface area contributed by atoms with Crippen LogP contribution in [0.25, 0.3) is 0 Å². The lowest BCUT2D eigenvalue weighted by Gasteiger charge is -2.57. The highest BCUT2D eigenvalue weighted by molar-refractivity contribution is 7.09. The summed E-state index contributed by atoms with van der Waals surface area (Å²) < 4.78 is 0. The number of nitrogens with one attached hydrogen (secondary N) is 2. The normalized spacial score (nSPS) is 29.3. The van der Waals surface area contributed by atoms with Gasteiger partial charge in [-0.05, 0) is 104 Å². The fourth-order valence-corrected chi connectivity index (χ4v) is 8.43. The smallest absolute Gasteiger partial charge is 0.321 e. The molecule has 0 atom stereocenters. The first-order valence-corrected chi connectivity index (χ1v) is 14.6. The molecule has 6 nitrogen and oxygen atoms in total. The van der Waals surface area contributed by atoms with Crippen LogP contribution in [0.4, 0.5) is 10.5 Å². The Labute approximate surface area is 218 Å². The van der Waals surface area contributed by atoms with E-state index in [1.54, 1.807) is 23.5 Å². The standard InChI is InChI=1S/C29H38N4O2S/c34-27(30-20-26-5-2-12-36-26)24-3-1-4-25(16-24)31-28(35)33-10-8-32(9-11-33)7-6-29-17-21-13-22(18-29)15-23(14-21)19-29/h1-5,12,16,21-23H,6-11,13-15,17-20H2,(H,30,34)(H,31,35). The van der Waals surface area contributed by atoms with Crippen molar-refractivity contribution in [3.05, 3.63) is 52.2 Å². The Hall–Kier alpha value is -2.38. The number of benzene rings is 1. The summed E-state index contributed by atoms with van der Waals surface area (Å²) in [7, 11) is 0. The number of hydrogen-bond donors (Lipinski definition) is 2. The number of carbonyl (C=O) groups excluding carboxylic acids is 2. The van der Waals surface area contributed by atoms with Gasteiger partial charge in [0.05, 0.1) is 6.54 Å². The van der Waals surface area contributed by atoms with Gasteiger partial charge in [-0.25, -0.2) is 4.79 Å². The molecule has 0 unspecified atom stereocenters. The minimum absolute atomic E-state index is 0.0770. The van der Waals surface area contributed by atoms with E-state index in [-0.39, 0.29) is 11.9 Å². The molecule has 1 saturated heterocycles. The molecular formula is C29H38N4O2S. The highest BCUT2D eigenvalue weighted by atomic mass is 32.1. The van der Waals surface area contributed by atoms with Crippen molar-refractivity contribution in [3.63, 3.8) is 0 Å². The third kappa shape index (κ3) is 5.32. The van der Waals surface area contributed by atoms with Crippen LogP contribution in [0.5, 0.6) is 0 Å². The van der Waals surface area contributed by atoms with E-state index in [0.717, 1.165) is 48.8 Å². The molecule has 2 heterocycles. The summed E-state index contributed by atoms with van der Waals surface area (Å²) in [6.07, 6.45) is 10.3. The third-order valence-corrected chi connectivity index (χ3v) is 10.0. The molecule has 4 saturated carbocycles. The Morgan fingerprint density at radius 3 is 2.33 bits per heavy atom. The van der Waals surface area contributed by atoms with Gasteiger partial charge >= 0.3 is 6.03 Å². The zero-order valence-corrected chi connectivity index (χ0v) is 21.9. The van der Waals surface area contributed by atoms with Crippen LogP contribution >= 0.6 is 11.3 Å². The molecule has 7 heteroatoms. The van der Waals surface area contributed by atoms with Crippen molar-refractivity contribution in [1.82, 2.24) is 15.1 Å². The monoisotopic (exact) mass is 506 g/mol. The molecular weight excluding hydrogens is 468 g/mol. The van der Waals surface area contributed by atoms with Gasteiger partial charge in [0, 0.05) is 42.3 Å². The van der Waals surface area contributed by atoms with E-state index in [2.05, 4.69) is 15.5 Å². The quantitative estimate of drug-likeness (QED) is 0.526. The Kier molecular flexibility index (Phi) is 6.78. The van der Waals surface area contributed by atoms with Gasteiger partial charge in [0.15, 0.2) is 0 Å². The maximum absolute atomic E-state index is 12.9. The topological polar surface area (TPSA) is 64.7 Å². The number of anilines is 1. The molecule has 2 aromatic rings. The molecule has 4 aliphatic carbocycles. The van der Waals surface area contributed by atoms with Crippen LogP contribution in [0.3, 0.4) is 0 Å². The van der Waals surface area contributed by atoms with Gasteiger partial charge < -0.3 is 15.5 Å². The molecule has 1 aliphatic heterocycles. The first-order chi connectivity index (χ1) is 17.5. The lowest BCUT2D eigenvalue weighted by molar-refractivity contribution is -0.0619. The van der Waals surface area contributed by atoms with Gasteiger partial charge in [-0.2, -0.15) is 0 Å². The number of urea groups is 1. The zero-order chi connectivity index (χ0) is 24.5. The molecule has 192 valence electrons. The molecule has 1 aromatic heterocycles. The number of carbonyl (C=O) groups is 2. The molecule has 5 fully saturated rings. The van der Waals surface area contributed by atoms with Gasteiger partial charge in [0.25, 0.3) is 5.91 Å². The Bertz CT molecular complexity index is 1040. The summed E-state index contributed by atoms with van der Waals surface area (Å²) in [6.45, 7) is 5.11. The van der Waals surface area contributed by atoms with E-state index < -0.39 is 0 Å². The number of nitrogens with zero attached hydrogens (tertiary/aromatic N) is 2. The summed E-state index contributed by atoms with van der Waals surface area (Å²) in [4.78, 5) is 31.1. The second kappa shape index (κ2) is 10.2. The van der Waals surface area contributed by atoms with E-state index in [1.165, 1.54) is 51.5 Å². The van der Waals surface area contributed by atoms with Gasteiger partial charge in [0.1, 0.15) is 0 Å². The number of amides is 3. The highest BCUT2D eigenvalue weighted by Gasteiger charge is 2.50. The molecule has 1 aromatic carbocycles. The third-order valence-electron chi connectivity index (χ3n) is 9.16. The fourth-order valence-electron chi connectivity index (χ4n) is 7.79. The number of piperazine rings is 1. The van der Waals surface area contributed by atoms with Crippen LogP contribution in [0.1, 0.15) is 60.2 Å². The van der Waals surface area contributed by atoms with Crippen LogP contribution in [-0.2, 0) is 6.54 Å². The van der Waals surface area contributed by atoms with Crippen LogP contribution in [0.15, 0.2) is 41.8 Å². The van der Waals surface area contributed by atoms with Crippen molar-refractivity contribution in [3.8, 4) is 0 Å². The average molecular weight is 507 g/mol. The Morgan fingerprint density at radius 2 is 1.67 bits per heavy atom. The van der Waals surface area contributed by atoms with Crippen molar-refractivity contribution >= 4 is 29.0 Å². The molecule has 36 heavy (non-hydrogen) atoms. The first kappa shape index (κ1) is 24.0. The molecule has 5 aliphatic rings.